The van der Waals surface area contributed by atoms with E-state index in [1.165, 1.54) is 23.1 Å². The van der Waals surface area contributed by atoms with Gasteiger partial charge in [-0.05, 0) is 48.6 Å². The fourth-order valence-electron chi connectivity index (χ4n) is 7.95. The molecule has 1 spiro atoms. The second-order valence-electron chi connectivity index (χ2n) is 12.9. The van der Waals surface area contributed by atoms with Crippen molar-refractivity contribution in [2.75, 3.05) is 25.5 Å². The maximum atomic E-state index is 15.2. The minimum Gasteiger partial charge on any atom is -0.472 e. The molecule has 12 nitrogen and oxygen atoms in total. The fraction of sp³-hybridized carbons (Fsp3) is 0.600. The number of methoxy groups -OCH3 is 1. The monoisotopic (exact) mass is 594 g/mol. The van der Waals surface area contributed by atoms with E-state index in [0.29, 0.717) is 18.6 Å². The first kappa shape index (κ1) is 28.9. The number of fused-ring (bicyclic) bond motifs is 6. The lowest BCUT2D eigenvalue weighted by molar-refractivity contribution is -0.148. The standard InChI is InChI=1S/C30H35FN6O6/c1-5-29(2,3)23(34-28(41)42-4)26(39)36-13-18-15-9-17(19(31)10-15)21(18)22(36)25(38)37-14-30(11-16(37)12-32)27(40)35-24-20(43-30)7-6-8-33-24/h5-8,15-19,21-23H,1,9-11,13-14H2,2-4H3,(H,34,41)(H,33,35,40). The number of hydrogen-bond donors (Lipinski definition) is 2. The van der Waals surface area contributed by atoms with Crippen LogP contribution in [-0.2, 0) is 19.1 Å². The Balaban J connectivity index is 1.35. The highest BCUT2D eigenvalue weighted by Gasteiger charge is 2.65. The molecule has 1 aromatic rings. The summed E-state index contributed by atoms with van der Waals surface area (Å²) in [7, 11) is 1.19. The number of aromatic nitrogens is 1. The zero-order valence-electron chi connectivity index (χ0n) is 24.3. The van der Waals surface area contributed by atoms with Crippen LogP contribution in [0.3, 0.4) is 0 Å². The molecule has 6 rings (SSSR count). The Bertz CT molecular complexity index is 1430. The van der Waals surface area contributed by atoms with Crippen molar-refractivity contribution in [3.05, 3.63) is 31.0 Å². The smallest absolute Gasteiger partial charge is 0.407 e. The average Bonchev–Trinajstić information content (AvgIpc) is 3.75. The Hall–Kier alpha value is -4.21. The molecule has 4 heterocycles. The predicted octanol–water partition coefficient (Wildman–Crippen LogP) is 2.03. The van der Waals surface area contributed by atoms with Crippen LogP contribution in [0.1, 0.15) is 33.1 Å². The number of alkyl halides is 1. The summed E-state index contributed by atoms with van der Waals surface area (Å²) in [6.07, 6.45) is 2.06. The van der Waals surface area contributed by atoms with Gasteiger partial charge in [-0.25, -0.2) is 14.2 Å². The highest BCUT2D eigenvalue weighted by molar-refractivity contribution is 6.01. The second kappa shape index (κ2) is 10.2. The second-order valence-corrected chi connectivity index (χ2v) is 12.9. The van der Waals surface area contributed by atoms with Crippen molar-refractivity contribution in [3.63, 3.8) is 0 Å². The summed E-state index contributed by atoms with van der Waals surface area (Å²) in [5.41, 5.74) is -2.46. The van der Waals surface area contributed by atoms with Crippen molar-refractivity contribution in [3.8, 4) is 11.8 Å². The number of rotatable bonds is 5. The minimum absolute atomic E-state index is 0.0191. The molecule has 0 aromatic carbocycles. The third-order valence-electron chi connectivity index (χ3n) is 10.2. The number of nitriles is 1. The molecule has 43 heavy (non-hydrogen) atoms. The number of anilines is 1. The molecule has 1 aromatic heterocycles. The quantitative estimate of drug-likeness (QED) is 0.491. The van der Waals surface area contributed by atoms with Crippen molar-refractivity contribution in [1.82, 2.24) is 20.1 Å². The van der Waals surface area contributed by atoms with Gasteiger partial charge in [0.25, 0.3) is 5.91 Å². The van der Waals surface area contributed by atoms with Gasteiger partial charge in [0.15, 0.2) is 11.6 Å². The summed E-state index contributed by atoms with van der Waals surface area (Å²) in [4.78, 5) is 61.3. The van der Waals surface area contributed by atoms with E-state index < -0.39 is 71.0 Å². The van der Waals surface area contributed by atoms with Gasteiger partial charge in [0.2, 0.25) is 17.4 Å². The Labute approximate surface area is 248 Å². The maximum Gasteiger partial charge on any atom is 0.407 e. The summed E-state index contributed by atoms with van der Waals surface area (Å²) in [6, 6.07) is 2.19. The molecule has 0 radical (unpaired) electrons. The third kappa shape index (κ3) is 4.41. The summed E-state index contributed by atoms with van der Waals surface area (Å²) >= 11 is 0. The number of hydrogen-bond acceptors (Lipinski definition) is 8. The number of amides is 4. The van der Waals surface area contributed by atoms with E-state index in [9.17, 15) is 24.4 Å². The van der Waals surface area contributed by atoms with Gasteiger partial charge in [-0.2, -0.15) is 5.26 Å². The number of likely N-dealkylation sites (tertiary alicyclic amines) is 2. The van der Waals surface area contributed by atoms with Crippen molar-refractivity contribution in [2.45, 2.75) is 63.0 Å². The van der Waals surface area contributed by atoms with E-state index in [0.717, 1.165) is 0 Å². The molecule has 3 aliphatic heterocycles. The fourth-order valence-corrected chi connectivity index (χ4v) is 7.95. The highest BCUT2D eigenvalue weighted by Crippen LogP contribution is 2.59. The molecule has 4 amide bonds. The van der Waals surface area contributed by atoms with Crippen LogP contribution in [0.15, 0.2) is 31.0 Å². The molecular weight excluding hydrogens is 559 g/mol. The highest BCUT2D eigenvalue weighted by atomic mass is 19.1. The Morgan fingerprint density at radius 1 is 1.35 bits per heavy atom. The molecule has 9 unspecified atom stereocenters. The average molecular weight is 595 g/mol. The molecule has 2 saturated heterocycles. The number of nitrogens with one attached hydrogen (secondary N) is 2. The van der Waals surface area contributed by atoms with Crippen LogP contribution in [0.25, 0.3) is 0 Å². The maximum absolute atomic E-state index is 15.2. The van der Waals surface area contributed by atoms with E-state index in [1.807, 2.05) is 0 Å². The molecular formula is C30H35FN6O6. The number of carbonyl (C=O) groups excluding carboxylic acids is 4. The number of ether oxygens (including phenoxy) is 2. The number of carbonyl (C=O) groups is 4. The summed E-state index contributed by atoms with van der Waals surface area (Å²) in [5, 5.41) is 15.5. The van der Waals surface area contributed by atoms with Gasteiger partial charge in [0.1, 0.15) is 24.3 Å². The molecule has 5 aliphatic rings. The summed E-state index contributed by atoms with van der Waals surface area (Å²) < 4.78 is 26.1. The third-order valence-corrected chi connectivity index (χ3v) is 10.2. The number of pyridine rings is 1. The zero-order valence-corrected chi connectivity index (χ0v) is 24.3. The molecule has 2 bridgehead atoms. The minimum atomic E-state index is -1.53. The van der Waals surface area contributed by atoms with E-state index in [2.05, 4.69) is 28.3 Å². The van der Waals surface area contributed by atoms with E-state index in [4.69, 9.17) is 9.47 Å². The van der Waals surface area contributed by atoms with E-state index >= 15 is 4.39 Å². The van der Waals surface area contributed by atoms with Crippen molar-refractivity contribution in [1.29, 1.82) is 5.26 Å². The zero-order chi connectivity index (χ0) is 30.8. The van der Waals surface area contributed by atoms with Gasteiger partial charge < -0.3 is 29.9 Å². The van der Waals surface area contributed by atoms with Crippen LogP contribution < -0.4 is 15.4 Å². The van der Waals surface area contributed by atoms with Crippen molar-refractivity contribution in [2.24, 2.45) is 29.1 Å². The first-order chi connectivity index (χ1) is 20.4. The predicted molar refractivity (Wildman–Crippen MR) is 149 cm³/mol. The van der Waals surface area contributed by atoms with E-state index in [-0.39, 0.29) is 37.2 Å². The van der Waals surface area contributed by atoms with Crippen LogP contribution in [0, 0.1) is 40.4 Å². The lowest BCUT2D eigenvalue weighted by atomic mass is 9.77. The number of alkyl carbamates (subject to hydrolysis) is 1. The molecule has 13 heteroatoms. The van der Waals surface area contributed by atoms with Gasteiger partial charge >= 0.3 is 6.09 Å². The van der Waals surface area contributed by atoms with E-state index in [1.54, 1.807) is 32.1 Å². The van der Waals surface area contributed by atoms with Gasteiger partial charge in [-0.3, -0.25) is 14.4 Å². The molecule has 228 valence electrons. The Kier molecular flexibility index (Phi) is 6.86. The van der Waals surface area contributed by atoms with Crippen LogP contribution in [-0.4, -0.2) is 88.7 Å². The van der Waals surface area contributed by atoms with Crippen molar-refractivity contribution < 1.29 is 33.0 Å². The summed E-state index contributed by atoms with van der Waals surface area (Å²) in [5.74, 6) is -1.97. The Morgan fingerprint density at radius 2 is 2.12 bits per heavy atom. The van der Waals surface area contributed by atoms with Gasteiger partial charge in [0.05, 0.1) is 19.7 Å². The normalized spacial score (nSPS) is 34.5. The lowest BCUT2D eigenvalue weighted by Crippen LogP contribution is -2.60. The molecule has 9 atom stereocenters. The number of nitrogens with zero attached hydrogens (tertiary/aromatic N) is 4. The van der Waals surface area contributed by atoms with Crippen LogP contribution in [0.4, 0.5) is 15.0 Å². The lowest BCUT2D eigenvalue weighted by Gasteiger charge is -2.39. The SMILES string of the molecule is C=CC(C)(C)C(NC(=O)OC)C(=O)N1CC2C3CC(F)C(C3)C2C1C(=O)N1CC2(CC1C#N)Oc1cccnc1NC2=O. The number of halogens is 1. The summed E-state index contributed by atoms with van der Waals surface area (Å²) in [6.45, 7) is 7.28. The molecule has 2 N–H and O–H groups in total. The van der Waals surface area contributed by atoms with Crippen LogP contribution in [0.2, 0.25) is 0 Å². The molecule has 2 saturated carbocycles. The largest absolute Gasteiger partial charge is 0.472 e. The Morgan fingerprint density at radius 3 is 2.81 bits per heavy atom. The van der Waals surface area contributed by atoms with Crippen molar-refractivity contribution >= 4 is 29.6 Å². The van der Waals surface area contributed by atoms with Crippen LogP contribution in [0.5, 0.6) is 5.75 Å². The topological polar surface area (TPSA) is 154 Å². The first-order valence-corrected chi connectivity index (χ1v) is 14.5. The first-order valence-electron chi connectivity index (χ1n) is 14.5. The molecule has 4 fully saturated rings. The van der Waals surface area contributed by atoms with Gasteiger partial charge in [-0.1, -0.05) is 19.9 Å². The van der Waals surface area contributed by atoms with Crippen LogP contribution >= 0.6 is 0 Å². The molecule has 2 aliphatic carbocycles. The van der Waals surface area contributed by atoms with Gasteiger partial charge in [0, 0.05) is 24.6 Å². The van der Waals surface area contributed by atoms with Gasteiger partial charge in [-0.15, -0.1) is 6.58 Å².